The number of methoxy groups -OCH3 is 2. The van der Waals surface area contributed by atoms with E-state index < -0.39 is 17.2 Å². The van der Waals surface area contributed by atoms with E-state index in [1.165, 1.54) is 6.07 Å². The zero-order valence-corrected chi connectivity index (χ0v) is 21.6. The molecule has 2 heterocycles. The maximum atomic E-state index is 14.8. The molecule has 0 saturated heterocycles. The van der Waals surface area contributed by atoms with Gasteiger partial charge in [-0.3, -0.25) is 9.59 Å². The zero-order chi connectivity index (χ0) is 26.6. The SMILES string of the molecule is COc1ccc(C2=NN(C3=NC(=O)[C@H](CC(=O)Nc4cccc(OC)c4)S3)[C@H](c3ccccc3F)C2)cc1. The molecule has 1 N–H and O–H groups in total. The van der Waals surface area contributed by atoms with Crippen molar-refractivity contribution in [3.8, 4) is 11.5 Å². The van der Waals surface area contributed by atoms with Gasteiger partial charge < -0.3 is 14.8 Å². The molecule has 5 rings (SSSR count). The third-order valence-electron chi connectivity index (χ3n) is 6.25. The lowest BCUT2D eigenvalue weighted by molar-refractivity contribution is -0.121. The van der Waals surface area contributed by atoms with E-state index in [0.717, 1.165) is 23.0 Å². The van der Waals surface area contributed by atoms with Gasteiger partial charge in [0, 0.05) is 30.2 Å². The summed E-state index contributed by atoms with van der Waals surface area (Å²) in [5.41, 5.74) is 2.61. The lowest BCUT2D eigenvalue weighted by atomic mass is 9.98. The first kappa shape index (κ1) is 25.5. The quantitative estimate of drug-likeness (QED) is 0.459. The molecule has 0 unspecified atom stereocenters. The molecule has 0 spiro atoms. The van der Waals surface area contributed by atoms with Gasteiger partial charge in [-0.05, 0) is 48.0 Å². The molecule has 2 amide bonds. The second kappa shape index (κ2) is 11.1. The minimum atomic E-state index is -0.711. The van der Waals surface area contributed by atoms with E-state index in [0.29, 0.717) is 34.3 Å². The van der Waals surface area contributed by atoms with Gasteiger partial charge in [0.2, 0.25) is 5.91 Å². The highest BCUT2D eigenvalue weighted by Gasteiger charge is 2.39. The molecule has 0 fully saturated rings. The lowest BCUT2D eigenvalue weighted by Crippen LogP contribution is -2.25. The van der Waals surface area contributed by atoms with Crippen LogP contribution in [-0.4, -0.2) is 47.2 Å². The highest BCUT2D eigenvalue weighted by atomic mass is 32.2. The van der Waals surface area contributed by atoms with E-state index in [4.69, 9.17) is 14.6 Å². The number of hydrogen-bond donors (Lipinski definition) is 1. The third-order valence-corrected chi connectivity index (χ3v) is 7.39. The molecular weight excluding hydrogens is 507 g/mol. The molecule has 38 heavy (non-hydrogen) atoms. The van der Waals surface area contributed by atoms with Crippen molar-refractivity contribution in [3.63, 3.8) is 0 Å². The third kappa shape index (κ3) is 5.40. The average molecular weight is 533 g/mol. The Morgan fingerprint density at radius 1 is 1.05 bits per heavy atom. The van der Waals surface area contributed by atoms with Crippen molar-refractivity contribution in [2.24, 2.45) is 10.1 Å². The summed E-state index contributed by atoms with van der Waals surface area (Å²) in [6.07, 6.45) is 0.350. The number of amides is 2. The van der Waals surface area contributed by atoms with E-state index >= 15 is 0 Å². The van der Waals surface area contributed by atoms with E-state index in [1.807, 2.05) is 24.3 Å². The van der Waals surface area contributed by atoms with Gasteiger partial charge in [0.15, 0.2) is 5.17 Å². The number of hydrazone groups is 1. The zero-order valence-electron chi connectivity index (χ0n) is 20.8. The molecule has 194 valence electrons. The first-order valence-electron chi connectivity index (χ1n) is 11.9. The first-order valence-corrected chi connectivity index (χ1v) is 12.8. The number of aliphatic imine (C=N–C) groups is 1. The fourth-order valence-electron chi connectivity index (χ4n) is 4.32. The minimum Gasteiger partial charge on any atom is -0.497 e. The summed E-state index contributed by atoms with van der Waals surface area (Å²) in [5.74, 6) is 0.212. The molecule has 0 radical (unpaired) electrons. The van der Waals surface area contributed by atoms with Crippen LogP contribution in [-0.2, 0) is 9.59 Å². The van der Waals surface area contributed by atoms with Crippen LogP contribution in [0.4, 0.5) is 10.1 Å². The molecule has 2 aliphatic rings. The number of halogens is 1. The summed E-state index contributed by atoms with van der Waals surface area (Å²) in [7, 11) is 3.14. The van der Waals surface area contributed by atoms with Crippen molar-refractivity contribution >= 4 is 40.1 Å². The number of benzene rings is 3. The molecule has 2 atom stereocenters. The van der Waals surface area contributed by atoms with Crippen LogP contribution in [0.15, 0.2) is 82.9 Å². The van der Waals surface area contributed by atoms with Crippen molar-refractivity contribution in [1.82, 2.24) is 5.01 Å². The Kier molecular flexibility index (Phi) is 7.41. The maximum Gasteiger partial charge on any atom is 0.262 e. The van der Waals surface area contributed by atoms with Crippen molar-refractivity contribution < 1.29 is 23.5 Å². The molecule has 3 aromatic rings. The summed E-state index contributed by atoms with van der Waals surface area (Å²) in [6.45, 7) is 0. The van der Waals surface area contributed by atoms with E-state index in [1.54, 1.807) is 61.7 Å². The summed E-state index contributed by atoms with van der Waals surface area (Å²) in [4.78, 5) is 29.7. The molecule has 3 aromatic carbocycles. The molecule has 0 aliphatic carbocycles. The van der Waals surface area contributed by atoms with Crippen LogP contribution < -0.4 is 14.8 Å². The van der Waals surface area contributed by atoms with Crippen LogP contribution in [0.3, 0.4) is 0 Å². The molecule has 0 aromatic heterocycles. The van der Waals surface area contributed by atoms with Gasteiger partial charge in [-0.25, -0.2) is 9.40 Å². The van der Waals surface area contributed by atoms with Crippen molar-refractivity contribution in [1.29, 1.82) is 0 Å². The van der Waals surface area contributed by atoms with Crippen LogP contribution in [0.25, 0.3) is 0 Å². The molecule has 10 heteroatoms. The molecular formula is C28H25FN4O4S. The number of amidine groups is 1. The maximum absolute atomic E-state index is 14.8. The largest absolute Gasteiger partial charge is 0.497 e. The van der Waals surface area contributed by atoms with Crippen LogP contribution in [0, 0.1) is 5.82 Å². The average Bonchev–Trinajstić information content (AvgIpc) is 3.53. The van der Waals surface area contributed by atoms with Crippen LogP contribution in [0.1, 0.15) is 30.0 Å². The second-order valence-electron chi connectivity index (χ2n) is 8.68. The number of nitrogens with zero attached hydrogens (tertiary/aromatic N) is 3. The van der Waals surface area contributed by atoms with Gasteiger partial charge in [-0.2, -0.15) is 10.1 Å². The first-order chi connectivity index (χ1) is 18.4. The molecule has 2 aliphatic heterocycles. The van der Waals surface area contributed by atoms with Gasteiger partial charge in [0.25, 0.3) is 5.91 Å². The van der Waals surface area contributed by atoms with Gasteiger partial charge in [0.05, 0.1) is 26.0 Å². The lowest BCUT2D eigenvalue weighted by Gasteiger charge is -2.23. The summed E-state index contributed by atoms with van der Waals surface area (Å²) >= 11 is 1.16. The number of hydrogen-bond acceptors (Lipinski definition) is 7. The topological polar surface area (TPSA) is 92.6 Å². The monoisotopic (exact) mass is 532 g/mol. The molecule has 0 bridgehead atoms. The van der Waals surface area contributed by atoms with Crippen molar-refractivity contribution in [2.75, 3.05) is 19.5 Å². The van der Waals surface area contributed by atoms with Crippen LogP contribution in [0.5, 0.6) is 11.5 Å². The summed E-state index contributed by atoms with van der Waals surface area (Å²) in [5, 5.41) is 8.77. The Morgan fingerprint density at radius 3 is 2.55 bits per heavy atom. The Labute approximate surface area is 223 Å². The standard InChI is InChI=1S/C28H25FN4O4S/c1-36-19-12-10-17(11-13-19)23-15-24(21-8-3-4-9-22(21)29)33(32-23)28-31-27(35)25(38-28)16-26(34)30-18-6-5-7-20(14-18)37-2/h3-14,24-25H,15-16H2,1-2H3,(H,30,34)/t24-,25-/m0/s1. The number of carbonyl (C=O) groups is 2. The number of thioether (sulfide) groups is 1. The summed E-state index contributed by atoms with van der Waals surface area (Å²) in [6, 6.07) is 20.4. The Morgan fingerprint density at radius 2 is 1.82 bits per heavy atom. The fraction of sp³-hybridized carbons (Fsp3) is 0.214. The van der Waals surface area contributed by atoms with Crippen LogP contribution >= 0.6 is 11.8 Å². The van der Waals surface area contributed by atoms with Gasteiger partial charge in [-0.15, -0.1) is 0 Å². The van der Waals surface area contributed by atoms with E-state index in [-0.39, 0.29) is 18.1 Å². The molecule has 0 saturated carbocycles. The molecule has 8 nitrogen and oxygen atoms in total. The Hall–Kier alpha value is -4.18. The fourth-order valence-corrected chi connectivity index (χ4v) is 5.38. The minimum absolute atomic E-state index is 0.0685. The number of carbonyl (C=O) groups excluding carboxylic acids is 2. The predicted molar refractivity (Wildman–Crippen MR) is 145 cm³/mol. The Bertz CT molecular complexity index is 1430. The second-order valence-corrected chi connectivity index (χ2v) is 9.85. The van der Waals surface area contributed by atoms with E-state index in [2.05, 4.69) is 10.3 Å². The van der Waals surface area contributed by atoms with Crippen molar-refractivity contribution in [3.05, 3.63) is 89.7 Å². The summed E-state index contributed by atoms with van der Waals surface area (Å²) < 4.78 is 25.3. The normalized spacial score (nSPS) is 18.7. The Balaban J connectivity index is 1.35. The number of ether oxygens (including phenoxy) is 2. The highest BCUT2D eigenvalue weighted by Crippen LogP contribution is 2.39. The van der Waals surface area contributed by atoms with Gasteiger partial charge >= 0.3 is 0 Å². The van der Waals surface area contributed by atoms with Crippen LogP contribution in [0.2, 0.25) is 0 Å². The number of anilines is 1. The van der Waals surface area contributed by atoms with Crippen molar-refractivity contribution in [2.45, 2.75) is 24.1 Å². The highest BCUT2D eigenvalue weighted by molar-refractivity contribution is 8.15. The smallest absolute Gasteiger partial charge is 0.262 e. The number of rotatable bonds is 7. The predicted octanol–water partition coefficient (Wildman–Crippen LogP) is 5.02. The van der Waals surface area contributed by atoms with Gasteiger partial charge in [-0.1, -0.05) is 36.0 Å². The number of nitrogens with one attached hydrogen (secondary N) is 1. The van der Waals surface area contributed by atoms with Gasteiger partial charge in [0.1, 0.15) is 22.6 Å². The van der Waals surface area contributed by atoms with E-state index in [9.17, 15) is 14.0 Å².